The number of carbonyl (C=O) groups excluding carboxylic acids is 1. The molecule has 2 unspecified atom stereocenters. The van der Waals surface area contributed by atoms with Gasteiger partial charge >= 0.3 is 0 Å². The number of hydrogen-bond donors (Lipinski definition) is 2. The summed E-state index contributed by atoms with van der Waals surface area (Å²) in [7, 11) is 0. The van der Waals surface area contributed by atoms with E-state index in [4.69, 9.17) is 0 Å². The van der Waals surface area contributed by atoms with Gasteiger partial charge in [-0.05, 0) is 12.0 Å². The van der Waals surface area contributed by atoms with Gasteiger partial charge in [-0.25, -0.2) is 0 Å². The van der Waals surface area contributed by atoms with Gasteiger partial charge in [-0.15, -0.1) is 0 Å². The van der Waals surface area contributed by atoms with E-state index in [0.29, 0.717) is 5.96 Å². The van der Waals surface area contributed by atoms with Gasteiger partial charge in [-0.3, -0.25) is 15.1 Å². The quantitative estimate of drug-likeness (QED) is 0.847. The number of carbonyl (C=O) groups is 1. The Morgan fingerprint density at radius 3 is 2.72 bits per heavy atom. The van der Waals surface area contributed by atoms with E-state index in [-0.39, 0.29) is 17.9 Å². The highest BCUT2D eigenvalue weighted by Gasteiger charge is 2.33. The van der Waals surface area contributed by atoms with E-state index in [0.717, 1.165) is 18.5 Å². The third kappa shape index (κ3) is 2.70. The van der Waals surface area contributed by atoms with E-state index in [1.54, 1.807) is 0 Å². The zero-order chi connectivity index (χ0) is 13.0. The predicted molar refractivity (Wildman–Crippen MR) is 72.5 cm³/mol. The Morgan fingerprint density at radius 2 is 2.06 bits per heavy atom. The highest BCUT2D eigenvalue weighted by molar-refractivity contribution is 6.06. The second kappa shape index (κ2) is 5.67. The van der Waals surface area contributed by atoms with E-state index in [2.05, 4.69) is 29.5 Å². The number of nitrogens with one attached hydrogen (secondary N) is 2. The molecule has 1 aliphatic heterocycles. The molecule has 0 saturated carbocycles. The van der Waals surface area contributed by atoms with Crippen molar-refractivity contribution in [3.8, 4) is 0 Å². The number of hydrogen-bond acceptors (Lipinski definition) is 2. The summed E-state index contributed by atoms with van der Waals surface area (Å²) >= 11 is 0. The molecule has 1 amide bonds. The van der Waals surface area contributed by atoms with E-state index >= 15 is 0 Å². The molecule has 4 heteroatoms. The van der Waals surface area contributed by atoms with Crippen LogP contribution in [0.1, 0.15) is 31.7 Å². The molecule has 0 radical (unpaired) electrons. The molecule has 0 spiro atoms. The first kappa shape index (κ1) is 12.6. The smallest absolute Gasteiger partial charge is 0.249 e. The average molecular weight is 245 g/mol. The van der Waals surface area contributed by atoms with Crippen LogP contribution in [0, 0.1) is 0 Å². The van der Waals surface area contributed by atoms with Crippen LogP contribution in [-0.4, -0.2) is 24.5 Å². The van der Waals surface area contributed by atoms with E-state index in [1.165, 1.54) is 0 Å². The molecule has 18 heavy (non-hydrogen) atoms. The SMILES string of the molecule is CCCN=C1NC(=O)C(C(C)c2ccccc2)N1. The lowest BCUT2D eigenvalue weighted by Crippen LogP contribution is -2.34. The van der Waals surface area contributed by atoms with Crippen LogP contribution >= 0.6 is 0 Å². The number of amides is 1. The minimum Gasteiger partial charge on any atom is -0.344 e. The Morgan fingerprint density at radius 1 is 1.33 bits per heavy atom. The third-order valence-corrected chi connectivity index (χ3v) is 3.14. The van der Waals surface area contributed by atoms with Gasteiger partial charge in [-0.2, -0.15) is 0 Å². The maximum absolute atomic E-state index is 11.9. The van der Waals surface area contributed by atoms with Crippen molar-refractivity contribution in [2.24, 2.45) is 4.99 Å². The predicted octanol–water partition coefficient (Wildman–Crippen LogP) is 1.64. The summed E-state index contributed by atoms with van der Waals surface area (Å²) in [5.41, 5.74) is 1.15. The summed E-state index contributed by atoms with van der Waals surface area (Å²) in [6.45, 7) is 4.84. The fraction of sp³-hybridized carbons (Fsp3) is 0.429. The first-order chi connectivity index (χ1) is 8.72. The largest absolute Gasteiger partial charge is 0.344 e. The molecule has 1 fully saturated rings. The van der Waals surface area contributed by atoms with Gasteiger partial charge in [0, 0.05) is 12.5 Å². The van der Waals surface area contributed by atoms with Gasteiger partial charge in [0.1, 0.15) is 6.04 Å². The molecule has 1 aliphatic rings. The summed E-state index contributed by atoms with van der Waals surface area (Å²) in [5.74, 6) is 0.733. The van der Waals surface area contributed by atoms with Gasteiger partial charge < -0.3 is 5.32 Å². The normalized spacial score (nSPS) is 22.7. The summed E-state index contributed by atoms with van der Waals surface area (Å²) in [6, 6.07) is 9.81. The van der Waals surface area contributed by atoms with Crippen LogP contribution in [0.5, 0.6) is 0 Å². The van der Waals surface area contributed by atoms with E-state index in [9.17, 15) is 4.79 Å². The van der Waals surface area contributed by atoms with Crippen molar-refractivity contribution in [3.63, 3.8) is 0 Å². The van der Waals surface area contributed by atoms with Crippen molar-refractivity contribution < 1.29 is 4.79 Å². The van der Waals surface area contributed by atoms with Crippen LogP contribution in [0.3, 0.4) is 0 Å². The lowest BCUT2D eigenvalue weighted by atomic mass is 9.93. The Hall–Kier alpha value is -1.84. The van der Waals surface area contributed by atoms with Crippen LogP contribution in [0.2, 0.25) is 0 Å². The molecule has 1 aromatic rings. The molecule has 1 aromatic carbocycles. The van der Waals surface area contributed by atoms with Gasteiger partial charge in [0.15, 0.2) is 5.96 Å². The number of benzene rings is 1. The lowest BCUT2D eigenvalue weighted by Gasteiger charge is -2.17. The van der Waals surface area contributed by atoms with Crippen LogP contribution in [0.25, 0.3) is 0 Å². The second-order valence-corrected chi connectivity index (χ2v) is 4.54. The molecule has 2 atom stereocenters. The molecule has 0 aromatic heterocycles. The maximum atomic E-state index is 11.9. The highest BCUT2D eigenvalue weighted by atomic mass is 16.2. The van der Waals surface area contributed by atoms with Crippen LogP contribution in [0.4, 0.5) is 0 Å². The molecule has 1 saturated heterocycles. The summed E-state index contributed by atoms with van der Waals surface area (Å²) in [5, 5.41) is 5.95. The fourth-order valence-corrected chi connectivity index (χ4v) is 2.05. The standard InChI is InChI=1S/C14H19N3O/c1-3-9-15-14-16-12(13(18)17-14)10(2)11-7-5-4-6-8-11/h4-8,10,12H,3,9H2,1-2H3,(H2,15,16,17,18). The van der Waals surface area contributed by atoms with Crippen molar-refractivity contribution >= 4 is 11.9 Å². The van der Waals surface area contributed by atoms with Gasteiger partial charge in [0.25, 0.3) is 0 Å². The topological polar surface area (TPSA) is 53.5 Å². The van der Waals surface area contributed by atoms with E-state index in [1.807, 2.05) is 30.3 Å². The summed E-state index contributed by atoms with van der Waals surface area (Å²) < 4.78 is 0. The Bertz CT molecular complexity index is 442. The van der Waals surface area contributed by atoms with Crippen LogP contribution < -0.4 is 10.6 Å². The number of nitrogens with zero attached hydrogens (tertiary/aromatic N) is 1. The van der Waals surface area contributed by atoms with E-state index < -0.39 is 0 Å². The van der Waals surface area contributed by atoms with Crippen molar-refractivity contribution in [2.75, 3.05) is 6.54 Å². The first-order valence-electron chi connectivity index (χ1n) is 6.39. The van der Waals surface area contributed by atoms with Crippen molar-refractivity contribution in [1.82, 2.24) is 10.6 Å². The van der Waals surface area contributed by atoms with Gasteiger partial charge in [-0.1, -0.05) is 44.2 Å². The van der Waals surface area contributed by atoms with Crippen molar-refractivity contribution in [3.05, 3.63) is 35.9 Å². The van der Waals surface area contributed by atoms with Crippen LogP contribution in [-0.2, 0) is 4.79 Å². The zero-order valence-corrected chi connectivity index (χ0v) is 10.8. The Balaban J connectivity index is 2.08. The number of rotatable bonds is 4. The summed E-state index contributed by atoms with van der Waals surface area (Å²) in [4.78, 5) is 16.2. The number of aliphatic imine (C=N–C) groups is 1. The average Bonchev–Trinajstić information content (AvgIpc) is 2.78. The molecular formula is C14H19N3O. The third-order valence-electron chi connectivity index (χ3n) is 3.14. The minimum atomic E-state index is -0.233. The van der Waals surface area contributed by atoms with Crippen molar-refractivity contribution in [1.29, 1.82) is 0 Å². The minimum absolute atomic E-state index is 0.00112. The van der Waals surface area contributed by atoms with Crippen molar-refractivity contribution in [2.45, 2.75) is 32.2 Å². The molecule has 4 nitrogen and oxygen atoms in total. The second-order valence-electron chi connectivity index (χ2n) is 4.54. The molecule has 0 aliphatic carbocycles. The Labute approximate surface area is 108 Å². The van der Waals surface area contributed by atoms with Gasteiger partial charge in [0.05, 0.1) is 0 Å². The fourth-order valence-electron chi connectivity index (χ4n) is 2.05. The Kier molecular flexibility index (Phi) is 3.97. The molecule has 2 N–H and O–H groups in total. The number of guanidine groups is 1. The highest BCUT2D eigenvalue weighted by Crippen LogP contribution is 2.20. The monoisotopic (exact) mass is 245 g/mol. The molecular weight excluding hydrogens is 226 g/mol. The van der Waals surface area contributed by atoms with Gasteiger partial charge in [0.2, 0.25) is 5.91 Å². The lowest BCUT2D eigenvalue weighted by molar-refractivity contribution is -0.120. The molecule has 2 rings (SSSR count). The summed E-state index contributed by atoms with van der Waals surface area (Å²) in [6.07, 6.45) is 0.972. The molecule has 0 bridgehead atoms. The molecule has 96 valence electrons. The maximum Gasteiger partial charge on any atom is 0.249 e. The first-order valence-corrected chi connectivity index (χ1v) is 6.39. The van der Waals surface area contributed by atoms with Crippen LogP contribution in [0.15, 0.2) is 35.3 Å². The zero-order valence-electron chi connectivity index (χ0n) is 10.8. The molecule has 1 heterocycles.